The van der Waals surface area contributed by atoms with Crippen LogP contribution in [0.4, 0.5) is 0 Å². The first-order chi connectivity index (χ1) is 9.58. The molecule has 0 aliphatic heterocycles. The minimum Gasteiger partial charge on any atom is -0.478 e. The van der Waals surface area contributed by atoms with Gasteiger partial charge >= 0.3 is 5.97 Å². The van der Waals surface area contributed by atoms with Gasteiger partial charge in [-0.3, -0.25) is 4.68 Å². The molecule has 1 aromatic heterocycles. The highest BCUT2D eigenvalue weighted by molar-refractivity contribution is 5.88. The molecule has 0 unspecified atom stereocenters. The van der Waals surface area contributed by atoms with Gasteiger partial charge in [0, 0.05) is 32.2 Å². The average molecular weight is 281 g/mol. The van der Waals surface area contributed by atoms with E-state index in [1.807, 2.05) is 0 Å². The molecule has 3 N–H and O–H groups in total. The van der Waals surface area contributed by atoms with Crippen molar-refractivity contribution in [2.45, 2.75) is 38.6 Å². The Bertz CT molecular complexity index is 464. The van der Waals surface area contributed by atoms with Crippen molar-refractivity contribution in [3.63, 3.8) is 0 Å². The number of aromatic carboxylic acids is 1. The predicted molar refractivity (Wildman–Crippen MR) is 74.5 cm³/mol. The maximum atomic E-state index is 11.1. The molecule has 6 heteroatoms. The van der Waals surface area contributed by atoms with Crippen LogP contribution in [0.3, 0.4) is 0 Å². The summed E-state index contributed by atoms with van der Waals surface area (Å²) in [6.45, 7) is 1.37. The van der Waals surface area contributed by atoms with E-state index in [2.05, 4.69) is 10.4 Å². The Balaban J connectivity index is 1.95. The third-order valence-electron chi connectivity index (χ3n) is 4.33. The molecule has 1 aromatic rings. The lowest BCUT2D eigenvalue weighted by molar-refractivity contribution is 0.0693. The van der Waals surface area contributed by atoms with Gasteiger partial charge in [-0.2, -0.15) is 5.10 Å². The number of aromatic nitrogens is 2. The van der Waals surface area contributed by atoms with Crippen LogP contribution >= 0.6 is 0 Å². The van der Waals surface area contributed by atoms with Crippen LogP contribution in [-0.2, 0) is 13.6 Å². The van der Waals surface area contributed by atoms with Crippen LogP contribution < -0.4 is 5.32 Å². The normalized spacial score (nSPS) is 18.1. The van der Waals surface area contributed by atoms with Gasteiger partial charge in [-0.25, -0.2) is 4.79 Å². The highest BCUT2D eigenvalue weighted by Gasteiger charge is 2.31. The fraction of sp³-hybridized carbons (Fsp3) is 0.714. The highest BCUT2D eigenvalue weighted by atomic mass is 16.4. The molecule has 20 heavy (non-hydrogen) atoms. The largest absolute Gasteiger partial charge is 0.478 e. The van der Waals surface area contributed by atoms with Gasteiger partial charge in [-0.15, -0.1) is 0 Å². The summed E-state index contributed by atoms with van der Waals surface area (Å²) in [6.07, 6.45) is 7.01. The maximum Gasteiger partial charge on any atom is 0.339 e. The summed E-state index contributed by atoms with van der Waals surface area (Å²) in [6, 6.07) is 0. The van der Waals surface area contributed by atoms with Gasteiger partial charge in [0.25, 0.3) is 0 Å². The van der Waals surface area contributed by atoms with E-state index in [-0.39, 0.29) is 17.6 Å². The molecular formula is C14H23N3O3. The molecule has 0 spiro atoms. The minimum atomic E-state index is -0.954. The van der Waals surface area contributed by atoms with E-state index in [0.29, 0.717) is 18.8 Å². The van der Waals surface area contributed by atoms with E-state index in [4.69, 9.17) is 5.11 Å². The zero-order chi connectivity index (χ0) is 14.6. The highest BCUT2D eigenvalue weighted by Crippen LogP contribution is 2.35. The van der Waals surface area contributed by atoms with Crippen molar-refractivity contribution >= 4 is 5.97 Å². The van der Waals surface area contributed by atoms with Crippen LogP contribution in [0.5, 0.6) is 0 Å². The summed E-state index contributed by atoms with van der Waals surface area (Å²) in [5.74, 6) is -0.954. The summed E-state index contributed by atoms with van der Waals surface area (Å²) in [5.41, 5.74) is 0.864. The van der Waals surface area contributed by atoms with Gasteiger partial charge in [0.1, 0.15) is 5.56 Å². The molecule has 0 amide bonds. The van der Waals surface area contributed by atoms with Gasteiger partial charge in [-0.1, -0.05) is 19.3 Å². The van der Waals surface area contributed by atoms with Gasteiger partial charge in [0.15, 0.2) is 0 Å². The molecule has 1 aliphatic carbocycles. The lowest BCUT2D eigenvalue weighted by Gasteiger charge is -2.35. The molecule has 0 bridgehead atoms. The molecule has 1 heterocycles. The summed E-state index contributed by atoms with van der Waals surface area (Å²) in [4.78, 5) is 11.1. The molecule has 6 nitrogen and oxygen atoms in total. The van der Waals surface area contributed by atoms with Gasteiger partial charge in [0.2, 0.25) is 0 Å². The number of hydrogen-bond acceptors (Lipinski definition) is 4. The Kier molecular flexibility index (Phi) is 4.77. The first-order valence-corrected chi connectivity index (χ1v) is 7.14. The second-order valence-electron chi connectivity index (χ2n) is 5.76. The monoisotopic (exact) mass is 281 g/mol. The van der Waals surface area contributed by atoms with Crippen molar-refractivity contribution < 1.29 is 15.0 Å². The van der Waals surface area contributed by atoms with Gasteiger partial charge in [-0.05, 0) is 12.8 Å². The van der Waals surface area contributed by atoms with E-state index in [1.54, 1.807) is 11.7 Å². The number of carbonyl (C=O) groups is 1. The summed E-state index contributed by atoms with van der Waals surface area (Å²) >= 11 is 0. The molecule has 1 saturated carbocycles. The van der Waals surface area contributed by atoms with Crippen molar-refractivity contribution in [3.8, 4) is 0 Å². The van der Waals surface area contributed by atoms with E-state index in [9.17, 15) is 9.90 Å². The van der Waals surface area contributed by atoms with E-state index in [0.717, 1.165) is 25.7 Å². The third-order valence-corrected chi connectivity index (χ3v) is 4.33. The Labute approximate surface area is 118 Å². The first-order valence-electron chi connectivity index (χ1n) is 7.14. The summed E-state index contributed by atoms with van der Waals surface area (Å²) in [5, 5.41) is 26.0. The fourth-order valence-corrected chi connectivity index (χ4v) is 2.99. The molecule has 0 aromatic carbocycles. The molecule has 2 rings (SSSR count). The minimum absolute atomic E-state index is 0.0414. The first kappa shape index (κ1) is 15.0. The van der Waals surface area contributed by atoms with Crippen molar-refractivity contribution in [3.05, 3.63) is 17.5 Å². The molecule has 0 radical (unpaired) electrons. The molecule has 0 saturated heterocycles. The van der Waals surface area contributed by atoms with Crippen LogP contribution in [0.1, 0.15) is 48.2 Å². The zero-order valence-corrected chi connectivity index (χ0v) is 11.9. The predicted octanol–water partition coefficient (Wildman–Crippen LogP) is 1.15. The number of nitrogens with zero attached hydrogens (tertiary/aromatic N) is 2. The van der Waals surface area contributed by atoms with E-state index < -0.39 is 5.97 Å². The fourth-order valence-electron chi connectivity index (χ4n) is 2.99. The topological polar surface area (TPSA) is 87.4 Å². The molecular weight excluding hydrogens is 258 g/mol. The number of aliphatic hydroxyl groups excluding tert-OH is 1. The lowest BCUT2D eigenvalue weighted by atomic mass is 9.74. The van der Waals surface area contributed by atoms with Crippen LogP contribution in [0, 0.1) is 5.41 Å². The second-order valence-corrected chi connectivity index (χ2v) is 5.76. The number of rotatable bonds is 6. The average Bonchev–Trinajstić information content (AvgIpc) is 2.82. The molecule has 0 atom stereocenters. The van der Waals surface area contributed by atoms with Gasteiger partial charge < -0.3 is 15.5 Å². The summed E-state index contributed by atoms with van der Waals surface area (Å²) in [7, 11) is 1.74. The Morgan fingerprint density at radius 1 is 1.45 bits per heavy atom. The van der Waals surface area contributed by atoms with Crippen molar-refractivity contribution in [2.24, 2.45) is 12.5 Å². The van der Waals surface area contributed by atoms with Crippen molar-refractivity contribution in [1.29, 1.82) is 0 Å². The van der Waals surface area contributed by atoms with Crippen LogP contribution in [0.15, 0.2) is 6.20 Å². The number of hydrogen-bond donors (Lipinski definition) is 3. The quantitative estimate of drug-likeness (QED) is 0.728. The number of carboxylic acid groups (broad SMARTS) is 1. The van der Waals surface area contributed by atoms with Crippen LogP contribution in [-0.4, -0.2) is 39.1 Å². The van der Waals surface area contributed by atoms with Crippen molar-refractivity contribution in [2.75, 3.05) is 13.2 Å². The third kappa shape index (κ3) is 3.19. The van der Waals surface area contributed by atoms with E-state index in [1.165, 1.54) is 12.6 Å². The molecule has 1 fully saturated rings. The number of aryl methyl sites for hydroxylation is 1. The van der Waals surface area contributed by atoms with Crippen LogP contribution in [0.2, 0.25) is 0 Å². The Morgan fingerprint density at radius 2 is 2.15 bits per heavy atom. The Hall–Kier alpha value is -1.40. The molecule has 112 valence electrons. The number of aliphatic hydroxyl groups is 1. The van der Waals surface area contributed by atoms with Crippen molar-refractivity contribution in [1.82, 2.24) is 15.1 Å². The number of nitrogens with one attached hydrogen (secondary N) is 1. The number of carboxylic acids is 1. The Morgan fingerprint density at radius 3 is 2.75 bits per heavy atom. The van der Waals surface area contributed by atoms with Gasteiger partial charge in [0.05, 0.1) is 11.9 Å². The van der Waals surface area contributed by atoms with E-state index >= 15 is 0 Å². The maximum absolute atomic E-state index is 11.1. The van der Waals surface area contributed by atoms with Crippen LogP contribution in [0.25, 0.3) is 0 Å². The lowest BCUT2D eigenvalue weighted by Crippen LogP contribution is -2.39. The molecule has 1 aliphatic rings. The second kappa shape index (κ2) is 6.37. The SMILES string of the molecule is Cn1ncc(C(=O)O)c1CNCC1(CO)CCCCC1. The summed E-state index contributed by atoms with van der Waals surface area (Å²) < 4.78 is 1.59. The zero-order valence-electron chi connectivity index (χ0n) is 11.9. The smallest absolute Gasteiger partial charge is 0.339 e. The standard InChI is InChI=1S/C14H23N3O3/c1-17-12(11(7-16-17)13(19)20)8-15-9-14(10-18)5-3-2-4-6-14/h7,15,18H,2-6,8-10H2,1H3,(H,19,20).